The van der Waals surface area contributed by atoms with E-state index in [1.54, 1.807) is 6.07 Å². The zero-order chi connectivity index (χ0) is 12.3. The van der Waals surface area contributed by atoms with Crippen LogP contribution in [0.3, 0.4) is 0 Å². The topological polar surface area (TPSA) is 32.3 Å². The van der Waals surface area contributed by atoms with Gasteiger partial charge >= 0.3 is 0 Å². The van der Waals surface area contributed by atoms with E-state index < -0.39 is 0 Å². The summed E-state index contributed by atoms with van der Waals surface area (Å²) in [4.78, 5) is 0. The molecule has 1 unspecified atom stereocenters. The largest absolute Gasteiger partial charge is 0.508 e. The summed E-state index contributed by atoms with van der Waals surface area (Å²) in [6.45, 7) is 3.23. The van der Waals surface area contributed by atoms with Crippen molar-refractivity contribution in [2.75, 3.05) is 6.54 Å². The second-order valence-corrected chi connectivity index (χ2v) is 5.78. The van der Waals surface area contributed by atoms with E-state index in [4.69, 9.17) is 0 Å². The summed E-state index contributed by atoms with van der Waals surface area (Å²) in [7, 11) is 0. The van der Waals surface area contributed by atoms with Crippen LogP contribution in [0.25, 0.3) is 0 Å². The van der Waals surface area contributed by atoms with Crippen molar-refractivity contribution in [3.05, 3.63) is 28.2 Å². The Morgan fingerprint density at radius 1 is 1.47 bits per heavy atom. The molecule has 94 valence electrons. The lowest BCUT2D eigenvalue weighted by Crippen LogP contribution is -2.30. The van der Waals surface area contributed by atoms with Crippen molar-refractivity contribution in [2.45, 2.75) is 38.6 Å². The molecule has 0 heterocycles. The quantitative estimate of drug-likeness (QED) is 0.861. The third-order valence-electron chi connectivity index (χ3n) is 3.65. The molecule has 1 aliphatic rings. The molecular weight excluding hydrogens is 278 g/mol. The average molecular weight is 298 g/mol. The minimum Gasteiger partial charge on any atom is -0.508 e. The maximum atomic E-state index is 9.91. The molecule has 0 spiro atoms. The fourth-order valence-electron chi connectivity index (χ4n) is 2.28. The predicted octanol–water partition coefficient (Wildman–Crippen LogP) is 4.00. The molecular formula is C14H20BrNO. The Morgan fingerprint density at radius 2 is 2.24 bits per heavy atom. The summed E-state index contributed by atoms with van der Waals surface area (Å²) >= 11 is 3.46. The van der Waals surface area contributed by atoms with Gasteiger partial charge in [0, 0.05) is 16.1 Å². The number of halogens is 1. The van der Waals surface area contributed by atoms with Crippen LogP contribution in [0.1, 0.15) is 44.2 Å². The van der Waals surface area contributed by atoms with Gasteiger partial charge in [-0.2, -0.15) is 0 Å². The highest BCUT2D eigenvalue weighted by Gasteiger charge is 2.20. The first kappa shape index (κ1) is 12.9. The fraction of sp³-hybridized carbons (Fsp3) is 0.571. The number of nitrogens with one attached hydrogen (secondary N) is 1. The summed E-state index contributed by atoms with van der Waals surface area (Å²) in [6.07, 6.45) is 5.09. The van der Waals surface area contributed by atoms with E-state index in [2.05, 4.69) is 28.2 Å². The van der Waals surface area contributed by atoms with Gasteiger partial charge in [-0.05, 0) is 49.9 Å². The van der Waals surface area contributed by atoms with Crippen molar-refractivity contribution in [3.63, 3.8) is 0 Å². The highest BCUT2D eigenvalue weighted by molar-refractivity contribution is 9.10. The third kappa shape index (κ3) is 3.23. The second kappa shape index (κ2) is 5.87. The molecule has 0 aliphatic heterocycles. The Hall–Kier alpha value is -0.540. The molecule has 1 atom stereocenters. The molecule has 0 amide bonds. The highest BCUT2D eigenvalue weighted by atomic mass is 79.9. The van der Waals surface area contributed by atoms with Crippen molar-refractivity contribution >= 4 is 15.9 Å². The number of phenolic OH excluding ortho intramolecular Hbond substituents is 1. The van der Waals surface area contributed by atoms with E-state index in [1.165, 1.54) is 19.3 Å². The Labute approximate surface area is 112 Å². The van der Waals surface area contributed by atoms with E-state index in [-0.39, 0.29) is 6.04 Å². The third-order valence-corrected chi connectivity index (χ3v) is 4.14. The number of aromatic hydroxyl groups is 1. The zero-order valence-electron chi connectivity index (χ0n) is 10.2. The van der Waals surface area contributed by atoms with Crippen LogP contribution in [-0.2, 0) is 0 Å². The first-order chi connectivity index (χ1) is 8.20. The van der Waals surface area contributed by atoms with E-state index in [0.29, 0.717) is 5.75 Å². The van der Waals surface area contributed by atoms with Crippen molar-refractivity contribution in [1.82, 2.24) is 5.32 Å². The molecule has 0 aromatic heterocycles. The van der Waals surface area contributed by atoms with Gasteiger partial charge in [-0.25, -0.2) is 0 Å². The summed E-state index contributed by atoms with van der Waals surface area (Å²) in [6, 6.07) is 5.90. The first-order valence-corrected chi connectivity index (χ1v) is 7.21. The monoisotopic (exact) mass is 297 g/mol. The van der Waals surface area contributed by atoms with Crippen LogP contribution in [0, 0.1) is 5.92 Å². The molecule has 1 aromatic rings. The number of benzene rings is 1. The van der Waals surface area contributed by atoms with Crippen LogP contribution in [0.5, 0.6) is 5.75 Å². The Kier molecular flexibility index (Phi) is 4.46. The van der Waals surface area contributed by atoms with Gasteiger partial charge in [0.1, 0.15) is 5.75 Å². The Bertz CT molecular complexity index is 376. The molecule has 17 heavy (non-hydrogen) atoms. The summed E-state index contributed by atoms with van der Waals surface area (Å²) in [5.41, 5.74) is 1.00. The lowest BCUT2D eigenvalue weighted by Gasteiger charge is -2.28. The smallest absolute Gasteiger partial charge is 0.120 e. The van der Waals surface area contributed by atoms with Crippen LogP contribution in [0.4, 0.5) is 0 Å². The summed E-state index contributed by atoms with van der Waals surface area (Å²) in [5, 5.41) is 13.5. The molecule has 0 saturated heterocycles. The Morgan fingerprint density at radius 3 is 2.82 bits per heavy atom. The summed E-state index contributed by atoms with van der Waals surface area (Å²) in [5.74, 6) is 1.24. The fourth-order valence-corrected chi connectivity index (χ4v) is 2.66. The summed E-state index contributed by atoms with van der Waals surface area (Å²) < 4.78 is 1.02. The molecule has 1 saturated carbocycles. The molecule has 2 N–H and O–H groups in total. The molecule has 0 radical (unpaired) electrons. The average Bonchev–Trinajstić information content (AvgIpc) is 2.26. The van der Waals surface area contributed by atoms with Gasteiger partial charge in [-0.3, -0.25) is 0 Å². The van der Waals surface area contributed by atoms with Crippen molar-refractivity contribution in [2.24, 2.45) is 5.92 Å². The maximum Gasteiger partial charge on any atom is 0.120 e. The number of hydrogen-bond donors (Lipinski definition) is 2. The molecule has 2 rings (SSSR count). The van der Waals surface area contributed by atoms with Gasteiger partial charge in [0.15, 0.2) is 0 Å². The maximum absolute atomic E-state index is 9.91. The van der Waals surface area contributed by atoms with Crippen molar-refractivity contribution in [3.8, 4) is 5.75 Å². The lowest BCUT2D eigenvalue weighted by molar-refractivity contribution is 0.286. The Balaban J connectivity index is 2.02. The lowest BCUT2D eigenvalue weighted by atomic mass is 9.85. The van der Waals surface area contributed by atoms with E-state index in [1.807, 2.05) is 12.1 Å². The minimum atomic E-state index is 0.257. The van der Waals surface area contributed by atoms with Gasteiger partial charge in [0.25, 0.3) is 0 Å². The molecule has 3 heteroatoms. The molecule has 1 aromatic carbocycles. The molecule has 2 nitrogen and oxygen atoms in total. The molecule has 1 fully saturated rings. The van der Waals surface area contributed by atoms with Crippen LogP contribution >= 0.6 is 15.9 Å². The van der Waals surface area contributed by atoms with Crippen LogP contribution in [-0.4, -0.2) is 11.7 Å². The van der Waals surface area contributed by atoms with Gasteiger partial charge in [0.05, 0.1) is 0 Å². The van der Waals surface area contributed by atoms with Gasteiger partial charge in [0.2, 0.25) is 0 Å². The standard InChI is InChI=1S/C14H20BrNO/c1-2-13(16-9-10-4-3-5-10)12-8-11(15)6-7-14(12)17/h6-8,10,13,16-17H,2-5,9H2,1H3. The first-order valence-electron chi connectivity index (χ1n) is 6.42. The SMILES string of the molecule is CCC(NCC1CCC1)c1cc(Br)ccc1O. The predicted molar refractivity (Wildman–Crippen MR) is 74.2 cm³/mol. The van der Waals surface area contributed by atoms with Gasteiger partial charge in [-0.15, -0.1) is 0 Å². The normalized spacial score (nSPS) is 17.8. The van der Waals surface area contributed by atoms with Crippen molar-refractivity contribution < 1.29 is 5.11 Å². The number of rotatable bonds is 5. The molecule has 0 bridgehead atoms. The van der Waals surface area contributed by atoms with E-state index in [0.717, 1.165) is 28.9 Å². The second-order valence-electron chi connectivity index (χ2n) is 4.87. The van der Waals surface area contributed by atoms with Crippen LogP contribution < -0.4 is 5.32 Å². The minimum absolute atomic E-state index is 0.257. The van der Waals surface area contributed by atoms with Gasteiger partial charge < -0.3 is 10.4 Å². The zero-order valence-corrected chi connectivity index (χ0v) is 11.8. The van der Waals surface area contributed by atoms with Crippen molar-refractivity contribution in [1.29, 1.82) is 0 Å². The van der Waals surface area contributed by atoms with Gasteiger partial charge in [-0.1, -0.05) is 29.3 Å². The number of hydrogen-bond acceptors (Lipinski definition) is 2. The highest BCUT2D eigenvalue weighted by Crippen LogP contribution is 2.31. The van der Waals surface area contributed by atoms with E-state index in [9.17, 15) is 5.11 Å². The number of phenols is 1. The van der Waals surface area contributed by atoms with E-state index >= 15 is 0 Å². The van der Waals surface area contributed by atoms with Crippen LogP contribution in [0.2, 0.25) is 0 Å². The molecule has 1 aliphatic carbocycles. The van der Waals surface area contributed by atoms with Crippen LogP contribution in [0.15, 0.2) is 22.7 Å².